The Morgan fingerprint density at radius 3 is 2.53 bits per heavy atom. The van der Waals surface area contributed by atoms with Crippen LogP contribution >= 0.6 is 11.6 Å². The summed E-state index contributed by atoms with van der Waals surface area (Å²) in [7, 11) is 3.41. The summed E-state index contributed by atoms with van der Waals surface area (Å²) in [6.45, 7) is 3.80. The molecular weight excluding hydrogens is 428 g/mol. The maximum Gasteiger partial charge on any atom is 0.261 e. The van der Waals surface area contributed by atoms with Crippen molar-refractivity contribution < 1.29 is 9.59 Å². The van der Waals surface area contributed by atoms with E-state index in [-0.39, 0.29) is 11.8 Å². The Morgan fingerprint density at radius 2 is 1.84 bits per heavy atom. The lowest BCUT2D eigenvalue weighted by Gasteiger charge is -2.27. The smallest absolute Gasteiger partial charge is 0.261 e. The van der Waals surface area contributed by atoms with E-state index >= 15 is 0 Å². The van der Waals surface area contributed by atoms with Gasteiger partial charge in [-0.25, -0.2) is 0 Å². The first-order valence-electron chi connectivity index (χ1n) is 10.1. The average molecular weight is 449 g/mol. The van der Waals surface area contributed by atoms with Gasteiger partial charge < -0.3 is 9.88 Å². The number of carbonyl (C=O) groups is 2. The third-order valence-corrected chi connectivity index (χ3v) is 6.21. The summed E-state index contributed by atoms with van der Waals surface area (Å²) in [5, 5.41) is 11.6. The zero-order valence-electron chi connectivity index (χ0n) is 18.0. The monoisotopic (exact) mass is 448 g/mol. The highest BCUT2D eigenvalue weighted by molar-refractivity contribution is 6.30. The van der Waals surface area contributed by atoms with Crippen molar-refractivity contribution in [3.8, 4) is 0 Å². The van der Waals surface area contributed by atoms with Gasteiger partial charge in [-0.2, -0.15) is 0 Å². The van der Waals surface area contributed by atoms with E-state index in [1.54, 1.807) is 30.3 Å². The van der Waals surface area contributed by atoms with Crippen molar-refractivity contribution in [3.05, 3.63) is 81.5 Å². The van der Waals surface area contributed by atoms with Crippen LogP contribution in [0, 0.1) is 13.8 Å². The van der Waals surface area contributed by atoms with E-state index in [0.29, 0.717) is 21.8 Å². The first kappa shape index (κ1) is 20.3. The molecule has 8 nitrogen and oxygen atoms in total. The minimum atomic E-state index is -0.424. The number of anilines is 1. The van der Waals surface area contributed by atoms with Crippen LogP contribution in [0.15, 0.2) is 42.7 Å². The van der Waals surface area contributed by atoms with Crippen LogP contribution in [0.5, 0.6) is 0 Å². The summed E-state index contributed by atoms with van der Waals surface area (Å²) in [5.41, 5.74) is 4.75. The molecule has 4 heterocycles. The van der Waals surface area contributed by atoms with Crippen LogP contribution in [0.2, 0.25) is 5.02 Å². The van der Waals surface area contributed by atoms with Crippen LogP contribution in [-0.4, -0.2) is 38.0 Å². The first-order chi connectivity index (χ1) is 15.3. The van der Waals surface area contributed by atoms with Gasteiger partial charge in [0.25, 0.3) is 11.8 Å². The fraction of sp³-hybridized carbons (Fsp3) is 0.217. The zero-order valence-corrected chi connectivity index (χ0v) is 18.8. The largest absolute Gasteiger partial charge is 0.355 e. The predicted molar refractivity (Wildman–Crippen MR) is 121 cm³/mol. The van der Waals surface area contributed by atoms with E-state index in [1.165, 1.54) is 0 Å². The number of fused-ring (bicyclic) bond motifs is 2. The highest BCUT2D eigenvalue weighted by Crippen LogP contribution is 2.44. The molecule has 5 rings (SSSR count). The number of aryl methyl sites for hydroxylation is 3. The highest BCUT2D eigenvalue weighted by Gasteiger charge is 2.44. The maximum absolute atomic E-state index is 13.8. The number of nitrogens with zero attached hydrogens (tertiary/aromatic N) is 5. The van der Waals surface area contributed by atoms with Crippen LogP contribution in [0.1, 0.15) is 49.4 Å². The van der Waals surface area contributed by atoms with Crippen molar-refractivity contribution in [2.75, 3.05) is 11.9 Å². The Kier molecular flexibility index (Phi) is 4.56. The molecule has 0 saturated carbocycles. The average Bonchev–Trinajstić information content (AvgIpc) is 3.41. The Labute approximate surface area is 189 Å². The second kappa shape index (κ2) is 7.20. The number of hydrogen-bond acceptors (Lipinski definition) is 4. The van der Waals surface area contributed by atoms with Crippen molar-refractivity contribution in [2.24, 2.45) is 7.05 Å². The molecule has 0 spiro atoms. The summed E-state index contributed by atoms with van der Waals surface area (Å²) in [4.78, 5) is 28.1. The number of hydrogen-bond donors (Lipinski definition) is 1. The zero-order chi connectivity index (χ0) is 22.7. The predicted octanol–water partition coefficient (Wildman–Crippen LogP) is 3.45. The van der Waals surface area contributed by atoms with Crippen molar-refractivity contribution in [1.29, 1.82) is 0 Å². The van der Waals surface area contributed by atoms with E-state index in [4.69, 9.17) is 11.6 Å². The molecule has 0 saturated heterocycles. The molecule has 9 heteroatoms. The molecule has 32 heavy (non-hydrogen) atoms. The normalized spacial score (nSPS) is 15.5. The van der Waals surface area contributed by atoms with Gasteiger partial charge in [0, 0.05) is 31.5 Å². The van der Waals surface area contributed by atoms with E-state index in [1.807, 2.05) is 54.3 Å². The maximum atomic E-state index is 13.8. The third-order valence-electron chi connectivity index (χ3n) is 5.96. The molecule has 1 aliphatic rings. The lowest BCUT2D eigenvalue weighted by Crippen LogP contribution is -2.31. The fourth-order valence-electron chi connectivity index (χ4n) is 4.46. The van der Waals surface area contributed by atoms with Gasteiger partial charge in [0.1, 0.15) is 11.9 Å². The van der Waals surface area contributed by atoms with Gasteiger partial charge in [0.2, 0.25) is 0 Å². The van der Waals surface area contributed by atoms with E-state index in [0.717, 1.165) is 28.3 Å². The minimum absolute atomic E-state index is 0.233. The fourth-order valence-corrected chi connectivity index (χ4v) is 4.59. The first-order valence-corrected chi connectivity index (χ1v) is 10.5. The van der Waals surface area contributed by atoms with Gasteiger partial charge in [-0.15, -0.1) is 10.2 Å². The van der Waals surface area contributed by atoms with Gasteiger partial charge in [-0.1, -0.05) is 23.7 Å². The summed E-state index contributed by atoms with van der Waals surface area (Å²) < 4.78 is 3.73. The Morgan fingerprint density at radius 1 is 1.12 bits per heavy atom. The number of nitrogens with one attached hydrogen (secondary N) is 1. The van der Waals surface area contributed by atoms with Crippen LogP contribution in [-0.2, 0) is 7.05 Å². The number of aromatic nitrogens is 4. The number of rotatable bonds is 3. The van der Waals surface area contributed by atoms with Crippen molar-refractivity contribution in [3.63, 3.8) is 0 Å². The Bertz CT molecular complexity index is 1400. The highest BCUT2D eigenvalue weighted by atomic mass is 35.5. The molecule has 1 aliphatic heterocycles. The molecule has 3 aromatic heterocycles. The number of amides is 2. The molecule has 0 radical (unpaired) electrons. The standard InChI is InChI=1S/C23H21ClN6O2/c1-12-9-16(10-29-13(2)26-27-21(12)29)30-19(14-5-7-15(24)8-6-14)20-18(23(30)32)17(11-28(20)4)22(31)25-3/h5-11,19H,1-4H3,(H,25,31). The number of halogens is 1. The molecule has 1 aromatic carbocycles. The van der Waals surface area contributed by atoms with Crippen molar-refractivity contribution in [2.45, 2.75) is 19.9 Å². The van der Waals surface area contributed by atoms with Crippen LogP contribution in [0.3, 0.4) is 0 Å². The molecule has 4 aromatic rings. The van der Waals surface area contributed by atoms with Gasteiger partial charge >= 0.3 is 0 Å². The quantitative estimate of drug-likeness (QED) is 0.520. The van der Waals surface area contributed by atoms with Crippen molar-refractivity contribution >= 4 is 34.7 Å². The van der Waals surface area contributed by atoms with Crippen LogP contribution < -0.4 is 10.2 Å². The van der Waals surface area contributed by atoms with Gasteiger partial charge in [-0.3, -0.25) is 18.9 Å². The SMILES string of the molecule is CNC(=O)c1cn(C)c2c1C(=O)N(c1cc(C)c3nnc(C)n3c1)C2c1ccc(Cl)cc1. The number of benzene rings is 1. The molecule has 0 bridgehead atoms. The van der Waals surface area contributed by atoms with Crippen LogP contribution in [0.25, 0.3) is 5.65 Å². The number of carbonyl (C=O) groups excluding carboxylic acids is 2. The van der Waals surface area contributed by atoms with Gasteiger partial charge in [0.15, 0.2) is 5.65 Å². The Hall–Kier alpha value is -3.65. The minimum Gasteiger partial charge on any atom is -0.355 e. The Balaban J connectivity index is 1.77. The summed E-state index contributed by atoms with van der Waals surface area (Å²) in [6.07, 6.45) is 3.57. The molecule has 1 N–H and O–H groups in total. The molecule has 2 amide bonds. The summed E-state index contributed by atoms with van der Waals surface area (Å²) in [6, 6.07) is 8.92. The number of pyridine rings is 1. The van der Waals surface area contributed by atoms with Crippen LogP contribution in [0.4, 0.5) is 5.69 Å². The van der Waals surface area contributed by atoms with Crippen molar-refractivity contribution in [1.82, 2.24) is 24.5 Å². The van der Waals surface area contributed by atoms with E-state index < -0.39 is 6.04 Å². The van der Waals surface area contributed by atoms with Gasteiger partial charge in [-0.05, 0) is 43.2 Å². The molecule has 0 fully saturated rings. The van der Waals surface area contributed by atoms with E-state index in [9.17, 15) is 9.59 Å². The lowest BCUT2D eigenvalue weighted by molar-refractivity contribution is 0.0943. The van der Waals surface area contributed by atoms with Gasteiger partial charge in [0.05, 0.1) is 22.5 Å². The summed E-state index contributed by atoms with van der Waals surface area (Å²) in [5.74, 6) is 0.194. The third kappa shape index (κ3) is 2.83. The molecule has 1 atom stereocenters. The van der Waals surface area contributed by atoms with E-state index in [2.05, 4.69) is 15.5 Å². The topological polar surface area (TPSA) is 84.5 Å². The summed E-state index contributed by atoms with van der Waals surface area (Å²) >= 11 is 6.13. The molecule has 1 unspecified atom stereocenters. The molecule has 0 aliphatic carbocycles. The second-order valence-electron chi connectivity index (χ2n) is 7.94. The second-order valence-corrected chi connectivity index (χ2v) is 8.38. The lowest BCUT2D eigenvalue weighted by atomic mass is 10.0. The molecular formula is C23H21ClN6O2. The molecule has 162 valence electrons.